The van der Waals surface area contributed by atoms with Gasteiger partial charge < -0.3 is 14.6 Å². The summed E-state index contributed by atoms with van der Waals surface area (Å²) in [5, 5.41) is 12.4. The van der Waals surface area contributed by atoms with Gasteiger partial charge in [-0.3, -0.25) is 0 Å². The minimum absolute atomic E-state index is 0.637. The highest BCUT2D eigenvalue weighted by molar-refractivity contribution is 7.10. The van der Waals surface area contributed by atoms with Crippen molar-refractivity contribution in [3.63, 3.8) is 0 Å². The summed E-state index contributed by atoms with van der Waals surface area (Å²) in [7, 11) is 1.62. The molecule has 1 aliphatic rings. The SMILES string of the molecule is COc1ccsc1C(O)c1ccc2c(c1)CCCO2. The van der Waals surface area contributed by atoms with Crippen molar-refractivity contribution < 1.29 is 14.6 Å². The highest BCUT2D eigenvalue weighted by atomic mass is 32.1. The average Bonchev–Trinajstić information content (AvgIpc) is 2.94. The van der Waals surface area contributed by atoms with Gasteiger partial charge in [-0.15, -0.1) is 11.3 Å². The van der Waals surface area contributed by atoms with Gasteiger partial charge in [0, 0.05) is 0 Å². The summed E-state index contributed by atoms with van der Waals surface area (Å²) < 4.78 is 10.9. The van der Waals surface area contributed by atoms with Crippen molar-refractivity contribution in [3.8, 4) is 11.5 Å². The first-order valence-electron chi connectivity index (χ1n) is 6.34. The number of aryl methyl sites for hydroxylation is 1. The van der Waals surface area contributed by atoms with E-state index in [1.165, 1.54) is 16.9 Å². The van der Waals surface area contributed by atoms with E-state index in [1.54, 1.807) is 7.11 Å². The van der Waals surface area contributed by atoms with Gasteiger partial charge in [-0.1, -0.05) is 6.07 Å². The molecule has 0 aliphatic carbocycles. The van der Waals surface area contributed by atoms with Crippen molar-refractivity contribution >= 4 is 11.3 Å². The molecule has 0 saturated carbocycles. The molecule has 2 aromatic rings. The Morgan fingerprint density at radius 3 is 3.11 bits per heavy atom. The second kappa shape index (κ2) is 5.23. The van der Waals surface area contributed by atoms with Crippen molar-refractivity contribution in [1.82, 2.24) is 0 Å². The minimum atomic E-state index is -0.637. The molecule has 3 nitrogen and oxygen atoms in total. The van der Waals surface area contributed by atoms with E-state index < -0.39 is 6.10 Å². The smallest absolute Gasteiger partial charge is 0.135 e. The van der Waals surface area contributed by atoms with Gasteiger partial charge in [0.15, 0.2) is 0 Å². The molecule has 4 heteroatoms. The van der Waals surface area contributed by atoms with Crippen LogP contribution in [0.4, 0.5) is 0 Å². The molecular weight excluding hydrogens is 260 g/mol. The lowest BCUT2D eigenvalue weighted by atomic mass is 10.00. The second-order valence-corrected chi connectivity index (χ2v) is 5.52. The van der Waals surface area contributed by atoms with Crippen LogP contribution in [-0.4, -0.2) is 18.8 Å². The highest BCUT2D eigenvalue weighted by Crippen LogP contribution is 2.36. The number of benzene rings is 1. The zero-order chi connectivity index (χ0) is 13.2. The lowest BCUT2D eigenvalue weighted by molar-refractivity contribution is 0.218. The predicted molar refractivity (Wildman–Crippen MR) is 75.2 cm³/mol. The molecule has 19 heavy (non-hydrogen) atoms. The number of ether oxygens (including phenoxy) is 2. The van der Waals surface area contributed by atoms with Crippen LogP contribution in [0.5, 0.6) is 11.5 Å². The van der Waals surface area contributed by atoms with Gasteiger partial charge in [-0.05, 0) is 47.5 Å². The topological polar surface area (TPSA) is 38.7 Å². The molecule has 0 bridgehead atoms. The highest BCUT2D eigenvalue weighted by Gasteiger charge is 2.19. The van der Waals surface area contributed by atoms with Gasteiger partial charge in [0.2, 0.25) is 0 Å². The second-order valence-electron chi connectivity index (χ2n) is 4.57. The Kier molecular flexibility index (Phi) is 3.44. The first-order chi connectivity index (χ1) is 9.29. The third-order valence-corrected chi connectivity index (χ3v) is 4.32. The molecule has 1 aromatic carbocycles. The molecule has 1 atom stereocenters. The minimum Gasteiger partial charge on any atom is -0.495 e. The first-order valence-corrected chi connectivity index (χ1v) is 7.22. The summed E-state index contributed by atoms with van der Waals surface area (Å²) in [6, 6.07) is 7.80. The Morgan fingerprint density at radius 2 is 2.26 bits per heavy atom. The van der Waals surface area contributed by atoms with Crippen LogP contribution >= 0.6 is 11.3 Å². The number of hydrogen-bond acceptors (Lipinski definition) is 4. The van der Waals surface area contributed by atoms with Crippen LogP contribution in [0, 0.1) is 0 Å². The van der Waals surface area contributed by atoms with E-state index in [0.29, 0.717) is 0 Å². The summed E-state index contributed by atoms with van der Waals surface area (Å²) in [5.41, 5.74) is 2.07. The van der Waals surface area contributed by atoms with E-state index in [1.807, 2.05) is 29.6 Å². The van der Waals surface area contributed by atoms with Crippen molar-refractivity contribution in [1.29, 1.82) is 0 Å². The average molecular weight is 276 g/mol. The molecule has 100 valence electrons. The molecule has 2 heterocycles. The quantitative estimate of drug-likeness (QED) is 0.936. The zero-order valence-corrected chi connectivity index (χ0v) is 11.6. The Hall–Kier alpha value is -1.52. The Bertz CT molecular complexity index is 577. The summed E-state index contributed by atoms with van der Waals surface area (Å²) in [6.07, 6.45) is 1.41. The molecule has 1 N–H and O–H groups in total. The van der Waals surface area contributed by atoms with Crippen molar-refractivity contribution in [2.24, 2.45) is 0 Å². The van der Waals surface area contributed by atoms with Gasteiger partial charge >= 0.3 is 0 Å². The molecule has 0 saturated heterocycles. The van der Waals surface area contributed by atoms with Crippen LogP contribution in [0.1, 0.15) is 28.5 Å². The van der Waals surface area contributed by atoms with Crippen LogP contribution in [0.3, 0.4) is 0 Å². The fraction of sp³-hybridized carbons (Fsp3) is 0.333. The predicted octanol–water partition coefficient (Wildman–Crippen LogP) is 3.16. The van der Waals surface area contributed by atoms with Crippen LogP contribution < -0.4 is 9.47 Å². The maximum Gasteiger partial charge on any atom is 0.135 e. The largest absolute Gasteiger partial charge is 0.495 e. The summed E-state index contributed by atoms with van der Waals surface area (Å²) in [6.45, 7) is 0.785. The van der Waals surface area contributed by atoms with Crippen LogP contribution in [-0.2, 0) is 6.42 Å². The van der Waals surface area contributed by atoms with Crippen molar-refractivity contribution in [2.45, 2.75) is 18.9 Å². The number of methoxy groups -OCH3 is 1. The molecule has 1 aliphatic heterocycles. The van der Waals surface area contributed by atoms with Gasteiger partial charge in [0.05, 0.1) is 18.6 Å². The molecule has 1 aromatic heterocycles. The fourth-order valence-corrected chi connectivity index (χ4v) is 3.25. The van der Waals surface area contributed by atoms with E-state index >= 15 is 0 Å². The van der Waals surface area contributed by atoms with E-state index in [-0.39, 0.29) is 0 Å². The van der Waals surface area contributed by atoms with Crippen molar-refractivity contribution in [3.05, 3.63) is 45.6 Å². The summed E-state index contributed by atoms with van der Waals surface area (Å²) in [5.74, 6) is 1.69. The normalized spacial score (nSPS) is 15.5. The van der Waals surface area contributed by atoms with Gasteiger partial charge in [0.1, 0.15) is 17.6 Å². The number of hydrogen-bond donors (Lipinski definition) is 1. The Balaban J connectivity index is 1.93. The van der Waals surface area contributed by atoms with E-state index in [0.717, 1.165) is 41.4 Å². The zero-order valence-electron chi connectivity index (χ0n) is 10.8. The molecule has 0 radical (unpaired) electrons. The van der Waals surface area contributed by atoms with Gasteiger partial charge in [-0.25, -0.2) is 0 Å². The number of aliphatic hydroxyl groups excluding tert-OH is 1. The molecule has 0 spiro atoms. The fourth-order valence-electron chi connectivity index (χ4n) is 2.38. The van der Waals surface area contributed by atoms with Crippen LogP contribution in [0.2, 0.25) is 0 Å². The first kappa shape index (κ1) is 12.5. The van der Waals surface area contributed by atoms with E-state index in [2.05, 4.69) is 0 Å². The molecule has 0 fully saturated rings. The number of rotatable bonds is 3. The monoisotopic (exact) mass is 276 g/mol. The van der Waals surface area contributed by atoms with Crippen molar-refractivity contribution in [2.75, 3.05) is 13.7 Å². The molecule has 1 unspecified atom stereocenters. The van der Waals surface area contributed by atoms with Gasteiger partial charge in [0.25, 0.3) is 0 Å². The molecular formula is C15H16O3S. The van der Waals surface area contributed by atoms with Gasteiger partial charge in [-0.2, -0.15) is 0 Å². The number of thiophene rings is 1. The lowest BCUT2D eigenvalue weighted by Gasteiger charge is -2.19. The lowest BCUT2D eigenvalue weighted by Crippen LogP contribution is -2.09. The van der Waals surface area contributed by atoms with E-state index in [4.69, 9.17) is 9.47 Å². The molecule has 3 rings (SSSR count). The summed E-state index contributed by atoms with van der Waals surface area (Å²) >= 11 is 1.51. The Morgan fingerprint density at radius 1 is 1.37 bits per heavy atom. The third kappa shape index (κ3) is 2.33. The molecule has 0 amide bonds. The maximum absolute atomic E-state index is 10.5. The number of fused-ring (bicyclic) bond motifs is 1. The van der Waals surface area contributed by atoms with E-state index in [9.17, 15) is 5.11 Å². The number of aliphatic hydroxyl groups is 1. The van der Waals surface area contributed by atoms with Crippen LogP contribution in [0.25, 0.3) is 0 Å². The summed E-state index contributed by atoms with van der Waals surface area (Å²) in [4.78, 5) is 0.846. The Labute approximate surface area is 116 Å². The standard InChI is InChI=1S/C15H16O3S/c1-17-13-6-8-19-15(13)14(16)11-4-5-12-10(9-11)3-2-7-18-12/h4-6,8-9,14,16H,2-3,7H2,1H3. The maximum atomic E-state index is 10.5. The third-order valence-electron chi connectivity index (χ3n) is 3.37. The van der Waals surface area contributed by atoms with Crippen LogP contribution in [0.15, 0.2) is 29.6 Å².